The molecule has 2 aromatic carbocycles. The molecule has 3 rings (SSSR count). The number of rotatable bonds is 1. The van der Waals surface area contributed by atoms with Crippen molar-refractivity contribution < 1.29 is 0 Å². The van der Waals surface area contributed by atoms with Crippen molar-refractivity contribution in [3.05, 3.63) is 54.1 Å². The number of nitrogens with one attached hydrogen (secondary N) is 1. The van der Waals surface area contributed by atoms with Gasteiger partial charge in [-0.1, -0.05) is 48.0 Å². The Morgan fingerprint density at radius 3 is 2.72 bits per heavy atom. The van der Waals surface area contributed by atoms with Gasteiger partial charge in [-0.2, -0.15) is 5.10 Å². The first-order chi connectivity index (χ1) is 8.74. The third kappa shape index (κ3) is 1.93. The van der Waals surface area contributed by atoms with Crippen LogP contribution in [0, 0.1) is 0 Å². The number of amidine groups is 1. The van der Waals surface area contributed by atoms with Gasteiger partial charge in [0.2, 0.25) is 0 Å². The molecule has 1 heterocycles. The molecular weight excluding hydrogens is 246 g/mol. The van der Waals surface area contributed by atoms with Crippen LogP contribution in [0.1, 0.15) is 5.56 Å². The Hall–Kier alpha value is -2.00. The molecule has 4 heteroatoms. The Kier molecular flexibility index (Phi) is 2.68. The van der Waals surface area contributed by atoms with Crippen molar-refractivity contribution in [1.82, 2.24) is 5.43 Å². The number of fused-ring (bicyclic) bond motifs is 1. The second-order valence-corrected chi connectivity index (χ2v) is 4.64. The number of hydrogen-bond acceptors (Lipinski definition) is 3. The lowest BCUT2D eigenvalue weighted by atomic mass is 10.00. The molecule has 2 aromatic rings. The molecule has 3 nitrogen and oxygen atoms in total. The highest BCUT2D eigenvalue weighted by Crippen LogP contribution is 2.23. The first-order valence-electron chi connectivity index (χ1n) is 5.68. The summed E-state index contributed by atoms with van der Waals surface area (Å²) in [5.41, 5.74) is 10.2. The maximum Gasteiger partial charge on any atom is 0.151 e. The SMILES string of the molecule is NC1=NNC(Cl)C=C1c1ccc2ccccc2c1. The average molecular weight is 258 g/mol. The normalized spacial score (nSPS) is 19.1. The molecule has 0 radical (unpaired) electrons. The number of nitrogens with zero attached hydrogens (tertiary/aromatic N) is 1. The van der Waals surface area contributed by atoms with Crippen LogP contribution in [0.25, 0.3) is 16.3 Å². The van der Waals surface area contributed by atoms with Crippen LogP contribution in [-0.2, 0) is 0 Å². The van der Waals surface area contributed by atoms with Crippen LogP contribution in [0.5, 0.6) is 0 Å². The topological polar surface area (TPSA) is 50.4 Å². The maximum absolute atomic E-state index is 5.99. The van der Waals surface area contributed by atoms with Crippen molar-refractivity contribution in [2.24, 2.45) is 10.8 Å². The average Bonchev–Trinajstić information content (AvgIpc) is 2.41. The summed E-state index contributed by atoms with van der Waals surface area (Å²) in [6, 6.07) is 14.4. The van der Waals surface area contributed by atoms with Crippen molar-refractivity contribution in [2.45, 2.75) is 5.50 Å². The van der Waals surface area contributed by atoms with Gasteiger partial charge in [-0.25, -0.2) is 0 Å². The molecule has 1 aliphatic rings. The summed E-state index contributed by atoms with van der Waals surface area (Å²) in [7, 11) is 0. The summed E-state index contributed by atoms with van der Waals surface area (Å²) in [5, 5.41) is 6.37. The third-order valence-corrected chi connectivity index (χ3v) is 3.18. The van der Waals surface area contributed by atoms with Crippen molar-refractivity contribution in [2.75, 3.05) is 0 Å². The molecule has 0 aromatic heterocycles. The molecule has 18 heavy (non-hydrogen) atoms. The standard InChI is InChI=1S/C14H12ClN3/c15-13-8-12(14(16)18-17-13)11-6-5-9-3-1-2-4-10(9)7-11/h1-8,13,17H,(H2,16,18). The van der Waals surface area contributed by atoms with Crippen molar-refractivity contribution in [3.63, 3.8) is 0 Å². The second-order valence-electron chi connectivity index (χ2n) is 4.17. The van der Waals surface area contributed by atoms with E-state index in [1.165, 1.54) is 10.8 Å². The van der Waals surface area contributed by atoms with E-state index >= 15 is 0 Å². The van der Waals surface area contributed by atoms with Gasteiger partial charge in [0, 0.05) is 5.57 Å². The summed E-state index contributed by atoms with van der Waals surface area (Å²) < 4.78 is 0. The highest BCUT2D eigenvalue weighted by Gasteiger charge is 2.14. The van der Waals surface area contributed by atoms with E-state index in [4.69, 9.17) is 17.3 Å². The van der Waals surface area contributed by atoms with Gasteiger partial charge in [0.05, 0.1) is 0 Å². The molecule has 90 valence electrons. The molecule has 0 saturated heterocycles. The molecule has 0 amide bonds. The molecule has 3 N–H and O–H groups in total. The lowest BCUT2D eigenvalue weighted by molar-refractivity contribution is 0.766. The first kappa shape index (κ1) is 11.1. The fourth-order valence-corrected chi connectivity index (χ4v) is 2.24. The Morgan fingerprint density at radius 2 is 1.89 bits per heavy atom. The van der Waals surface area contributed by atoms with Crippen molar-refractivity contribution >= 4 is 33.8 Å². The van der Waals surface area contributed by atoms with Gasteiger partial charge in [0.1, 0.15) is 5.50 Å². The predicted molar refractivity (Wildman–Crippen MR) is 76.3 cm³/mol. The zero-order valence-electron chi connectivity index (χ0n) is 9.60. The van der Waals surface area contributed by atoms with Crippen molar-refractivity contribution in [3.8, 4) is 0 Å². The Balaban J connectivity index is 2.12. The van der Waals surface area contributed by atoms with Crippen LogP contribution in [0.3, 0.4) is 0 Å². The van der Waals surface area contributed by atoms with Gasteiger partial charge >= 0.3 is 0 Å². The number of alkyl halides is 1. The molecule has 1 atom stereocenters. The highest BCUT2D eigenvalue weighted by molar-refractivity contribution is 6.28. The molecule has 1 unspecified atom stereocenters. The number of benzene rings is 2. The van der Waals surface area contributed by atoms with Crippen LogP contribution < -0.4 is 11.2 Å². The molecule has 0 fully saturated rings. The molecule has 0 aliphatic carbocycles. The number of halogens is 1. The van der Waals surface area contributed by atoms with E-state index < -0.39 is 0 Å². The van der Waals surface area contributed by atoms with Gasteiger partial charge in [-0.05, 0) is 28.5 Å². The van der Waals surface area contributed by atoms with E-state index in [0.29, 0.717) is 5.84 Å². The largest absolute Gasteiger partial charge is 0.382 e. The zero-order chi connectivity index (χ0) is 12.5. The second kappa shape index (κ2) is 4.35. The molecular formula is C14H12ClN3. The van der Waals surface area contributed by atoms with Crippen LogP contribution >= 0.6 is 11.6 Å². The summed E-state index contributed by atoms with van der Waals surface area (Å²) in [4.78, 5) is 0. The fourth-order valence-electron chi connectivity index (χ4n) is 2.06. The van der Waals surface area contributed by atoms with Gasteiger partial charge < -0.3 is 5.73 Å². The number of hydrazone groups is 1. The molecule has 1 aliphatic heterocycles. The van der Waals surface area contributed by atoms with Gasteiger partial charge in [-0.15, -0.1) is 0 Å². The van der Waals surface area contributed by atoms with E-state index in [0.717, 1.165) is 11.1 Å². The zero-order valence-corrected chi connectivity index (χ0v) is 10.4. The van der Waals surface area contributed by atoms with Gasteiger partial charge in [0.15, 0.2) is 5.84 Å². The van der Waals surface area contributed by atoms with Crippen LogP contribution in [0.15, 0.2) is 53.6 Å². The quantitative estimate of drug-likeness (QED) is 0.610. The third-order valence-electron chi connectivity index (χ3n) is 2.96. The predicted octanol–water partition coefficient (Wildman–Crippen LogP) is 2.66. The highest BCUT2D eigenvalue weighted by atomic mass is 35.5. The van der Waals surface area contributed by atoms with E-state index in [2.05, 4.69) is 34.8 Å². The number of nitrogens with two attached hydrogens (primary N) is 1. The Bertz CT molecular complexity index is 661. The summed E-state index contributed by atoms with van der Waals surface area (Å²) in [5.74, 6) is 0.460. The number of hydrogen-bond donors (Lipinski definition) is 2. The molecule has 0 bridgehead atoms. The smallest absolute Gasteiger partial charge is 0.151 e. The van der Waals surface area contributed by atoms with E-state index in [9.17, 15) is 0 Å². The van der Waals surface area contributed by atoms with E-state index in [1.807, 2.05) is 24.3 Å². The summed E-state index contributed by atoms with van der Waals surface area (Å²) in [6.45, 7) is 0. The minimum atomic E-state index is -0.321. The van der Waals surface area contributed by atoms with Gasteiger partial charge in [0.25, 0.3) is 0 Å². The maximum atomic E-state index is 5.99. The molecule has 0 saturated carbocycles. The van der Waals surface area contributed by atoms with Crippen LogP contribution in [0.2, 0.25) is 0 Å². The molecule has 0 spiro atoms. The van der Waals surface area contributed by atoms with Gasteiger partial charge in [-0.3, -0.25) is 5.43 Å². The lowest BCUT2D eigenvalue weighted by Gasteiger charge is -2.16. The van der Waals surface area contributed by atoms with Crippen molar-refractivity contribution in [1.29, 1.82) is 0 Å². The lowest BCUT2D eigenvalue weighted by Crippen LogP contribution is -2.28. The Labute approximate surface area is 110 Å². The Morgan fingerprint density at radius 1 is 1.11 bits per heavy atom. The minimum Gasteiger partial charge on any atom is -0.382 e. The summed E-state index contributed by atoms with van der Waals surface area (Å²) in [6.07, 6.45) is 1.87. The summed E-state index contributed by atoms with van der Waals surface area (Å²) >= 11 is 5.99. The van der Waals surface area contributed by atoms with E-state index in [-0.39, 0.29) is 5.50 Å². The van der Waals surface area contributed by atoms with Crippen LogP contribution in [-0.4, -0.2) is 11.3 Å². The minimum absolute atomic E-state index is 0.321. The monoisotopic (exact) mass is 257 g/mol. The van der Waals surface area contributed by atoms with E-state index in [1.54, 1.807) is 0 Å². The van der Waals surface area contributed by atoms with Crippen LogP contribution in [0.4, 0.5) is 0 Å². The fraction of sp³-hybridized carbons (Fsp3) is 0.0714. The first-order valence-corrected chi connectivity index (χ1v) is 6.12.